The van der Waals surface area contributed by atoms with Gasteiger partial charge in [-0.15, -0.1) is 0 Å². The molecule has 88 valence electrons. The Kier molecular flexibility index (Phi) is 2.90. The summed E-state index contributed by atoms with van der Waals surface area (Å²) in [4.78, 5) is 0. The van der Waals surface area contributed by atoms with Gasteiger partial charge >= 0.3 is 0 Å². The zero-order chi connectivity index (χ0) is 11.1. The van der Waals surface area contributed by atoms with E-state index in [0.29, 0.717) is 10.8 Å². The lowest BCUT2D eigenvalue weighted by molar-refractivity contribution is -0.0797. The Bertz CT molecular complexity index is 228. The SMILES string of the molecule is CCC1(C)C2CCCCC2CCC1(C)C. The van der Waals surface area contributed by atoms with Crippen LogP contribution in [0.4, 0.5) is 0 Å². The van der Waals surface area contributed by atoms with Crippen molar-refractivity contribution in [2.75, 3.05) is 0 Å². The van der Waals surface area contributed by atoms with Crippen molar-refractivity contribution < 1.29 is 0 Å². The van der Waals surface area contributed by atoms with Gasteiger partial charge in [0.2, 0.25) is 0 Å². The van der Waals surface area contributed by atoms with Crippen molar-refractivity contribution >= 4 is 0 Å². The summed E-state index contributed by atoms with van der Waals surface area (Å²) in [6.07, 6.45) is 10.4. The molecule has 0 heteroatoms. The Morgan fingerprint density at radius 2 is 1.67 bits per heavy atom. The Balaban J connectivity index is 2.26. The van der Waals surface area contributed by atoms with Crippen molar-refractivity contribution in [1.29, 1.82) is 0 Å². The van der Waals surface area contributed by atoms with Crippen molar-refractivity contribution in [2.45, 2.75) is 72.6 Å². The van der Waals surface area contributed by atoms with Crippen molar-refractivity contribution in [3.05, 3.63) is 0 Å². The molecular formula is C15H28. The first-order valence-corrected chi connectivity index (χ1v) is 7.01. The summed E-state index contributed by atoms with van der Waals surface area (Å²) in [6, 6.07) is 0. The molecule has 2 aliphatic carbocycles. The molecule has 2 aliphatic rings. The summed E-state index contributed by atoms with van der Waals surface area (Å²) in [5, 5.41) is 0. The Morgan fingerprint density at radius 1 is 1.00 bits per heavy atom. The lowest BCUT2D eigenvalue weighted by Gasteiger charge is -2.57. The molecule has 0 spiro atoms. The molecule has 3 atom stereocenters. The van der Waals surface area contributed by atoms with Crippen LogP contribution in [0.2, 0.25) is 0 Å². The number of hydrogen-bond acceptors (Lipinski definition) is 0. The predicted molar refractivity (Wildman–Crippen MR) is 66.9 cm³/mol. The second-order valence-corrected chi connectivity index (χ2v) is 6.84. The van der Waals surface area contributed by atoms with Gasteiger partial charge in [-0.05, 0) is 48.3 Å². The minimum absolute atomic E-state index is 0.570. The zero-order valence-corrected chi connectivity index (χ0v) is 11.1. The van der Waals surface area contributed by atoms with E-state index in [-0.39, 0.29) is 0 Å². The normalized spacial score (nSPS) is 44.8. The molecule has 2 rings (SSSR count). The highest BCUT2D eigenvalue weighted by atomic mass is 14.6. The average molecular weight is 208 g/mol. The van der Waals surface area contributed by atoms with Crippen LogP contribution >= 0.6 is 0 Å². The second-order valence-electron chi connectivity index (χ2n) is 6.84. The molecule has 15 heavy (non-hydrogen) atoms. The Hall–Kier alpha value is 0. The molecule has 0 bridgehead atoms. The molecule has 0 N–H and O–H groups in total. The predicted octanol–water partition coefficient (Wildman–Crippen LogP) is 5.03. The number of fused-ring (bicyclic) bond motifs is 1. The van der Waals surface area contributed by atoms with E-state index in [9.17, 15) is 0 Å². The van der Waals surface area contributed by atoms with Gasteiger partial charge in [0.1, 0.15) is 0 Å². The van der Waals surface area contributed by atoms with E-state index >= 15 is 0 Å². The Labute approximate surface area is 95.8 Å². The van der Waals surface area contributed by atoms with Gasteiger partial charge in [0.05, 0.1) is 0 Å². The maximum atomic E-state index is 2.58. The van der Waals surface area contributed by atoms with Gasteiger partial charge in [0, 0.05) is 0 Å². The molecule has 2 saturated carbocycles. The van der Waals surface area contributed by atoms with Crippen LogP contribution < -0.4 is 0 Å². The minimum Gasteiger partial charge on any atom is -0.0648 e. The highest BCUT2D eigenvalue weighted by Gasteiger charge is 2.51. The van der Waals surface area contributed by atoms with Crippen LogP contribution in [0.5, 0.6) is 0 Å². The molecule has 3 unspecified atom stereocenters. The maximum absolute atomic E-state index is 2.58. The summed E-state index contributed by atoms with van der Waals surface area (Å²) < 4.78 is 0. The van der Waals surface area contributed by atoms with Crippen molar-refractivity contribution in [1.82, 2.24) is 0 Å². The fourth-order valence-corrected chi connectivity index (χ4v) is 4.47. The summed E-state index contributed by atoms with van der Waals surface area (Å²) in [5.74, 6) is 2.09. The van der Waals surface area contributed by atoms with Crippen LogP contribution in [0.15, 0.2) is 0 Å². The van der Waals surface area contributed by atoms with Crippen molar-refractivity contribution in [3.63, 3.8) is 0 Å². The van der Waals surface area contributed by atoms with E-state index in [0.717, 1.165) is 11.8 Å². The fourth-order valence-electron chi connectivity index (χ4n) is 4.47. The van der Waals surface area contributed by atoms with Gasteiger partial charge in [-0.2, -0.15) is 0 Å². The lowest BCUT2D eigenvalue weighted by Crippen LogP contribution is -2.49. The van der Waals surface area contributed by atoms with Gasteiger partial charge < -0.3 is 0 Å². The summed E-state index contributed by atoms with van der Waals surface area (Å²) in [6.45, 7) is 10.0. The largest absolute Gasteiger partial charge is 0.0648 e. The van der Waals surface area contributed by atoms with Gasteiger partial charge in [0.15, 0.2) is 0 Å². The molecule has 0 radical (unpaired) electrons. The smallest absolute Gasteiger partial charge is 0.0246 e. The molecule has 0 saturated heterocycles. The molecule has 0 aromatic rings. The summed E-state index contributed by atoms with van der Waals surface area (Å²) in [5.41, 5.74) is 1.18. The topological polar surface area (TPSA) is 0 Å². The highest BCUT2D eigenvalue weighted by Crippen LogP contribution is 2.60. The monoisotopic (exact) mass is 208 g/mol. The van der Waals surface area contributed by atoms with E-state index in [1.807, 2.05) is 0 Å². The molecule has 0 aromatic heterocycles. The van der Waals surface area contributed by atoms with Crippen LogP contribution in [-0.2, 0) is 0 Å². The van der Waals surface area contributed by atoms with Crippen LogP contribution in [-0.4, -0.2) is 0 Å². The fraction of sp³-hybridized carbons (Fsp3) is 1.00. The third-order valence-corrected chi connectivity index (χ3v) is 6.15. The quantitative estimate of drug-likeness (QED) is 0.567. The van der Waals surface area contributed by atoms with E-state index in [1.165, 1.54) is 44.9 Å². The third kappa shape index (κ3) is 1.65. The standard InChI is InChI=1S/C15H28/c1-5-15(4)13-9-7-6-8-12(13)10-11-14(15,2)3/h12-13H,5-11H2,1-4H3. The molecule has 0 amide bonds. The second kappa shape index (κ2) is 3.79. The highest BCUT2D eigenvalue weighted by molar-refractivity contribution is 5.01. The molecule has 0 heterocycles. The summed E-state index contributed by atoms with van der Waals surface area (Å²) >= 11 is 0. The van der Waals surface area contributed by atoms with Crippen LogP contribution in [0.1, 0.15) is 72.6 Å². The van der Waals surface area contributed by atoms with Crippen LogP contribution in [0.25, 0.3) is 0 Å². The van der Waals surface area contributed by atoms with E-state index in [1.54, 1.807) is 0 Å². The first-order valence-electron chi connectivity index (χ1n) is 7.01. The third-order valence-electron chi connectivity index (χ3n) is 6.15. The van der Waals surface area contributed by atoms with Gasteiger partial charge in [-0.25, -0.2) is 0 Å². The van der Waals surface area contributed by atoms with Gasteiger partial charge in [0.25, 0.3) is 0 Å². The molecule has 2 fully saturated rings. The zero-order valence-electron chi connectivity index (χ0n) is 11.1. The number of rotatable bonds is 1. The molecule has 0 aromatic carbocycles. The number of hydrogen-bond donors (Lipinski definition) is 0. The van der Waals surface area contributed by atoms with Crippen LogP contribution in [0, 0.1) is 22.7 Å². The summed E-state index contributed by atoms with van der Waals surface area (Å²) in [7, 11) is 0. The van der Waals surface area contributed by atoms with Gasteiger partial charge in [-0.3, -0.25) is 0 Å². The van der Waals surface area contributed by atoms with E-state index < -0.39 is 0 Å². The lowest BCUT2D eigenvalue weighted by atomic mass is 9.47. The molecule has 0 aliphatic heterocycles. The van der Waals surface area contributed by atoms with Crippen LogP contribution in [0.3, 0.4) is 0 Å². The minimum atomic E-state index is 0.570. The average Bonchev–Trinajstić information content (AvgIpc) is 2.24. The van der Waals surface area contributed by atoms with E-state index in [2.05, 4.69) is 27.7 Å². The first kappa shape index (κ1) is 11.5. The molecule has 0 nitrogen and oxygen atoms in total. The van der Waals surface area contributed by atoms with E-state index in [4.69, 9.17) is 0 Å². The maximum Gasteiger partial charge on any atom is -0.0246 e. The van der Waals surface area contributed by atoms with Gasteiger partial charge in [-0.1, -0.05) is 47.0 Å². The first-order chi connectivity index (χ1) is 7.01. The van der Waals surface area contributed by atoms with Crippen molar-refractivity contribution in [3.8, 4) is 0 Å². The Morgan fingerprint density at radius 3 is 2.33 bits per heavy atom. The van der Waals surface area contributed by atoms with Crippen molar-refractivity contribution in [2.24, 2.45) is 22.7 Å². The molecular weight excluding hydrogens is 180 g/mol.